The Morgan fingerprint density at radius 3 is 2.21 bits per heavy atom. The van der Waals surface area contributed by atoms with Crippen LogP contribution in [0.3, 0.4) is 0 Å². The van der Waals surface area contributed by atoms with Gasteiger partial charge in [-0.1, -0.05) is 54.1 Å². The van der Waals surface area contributed by atoms with Crippen molar-refractivity contribution < 1.29 is 19.1 Å². The van der Waals surface area contributed by atoms with Crippen molar-refractivity contribution in [2.75, 3.05) is 11.9 Å². The predicted octanol–water partition coefficient (Wildman–Crippen LogP) is 4.46. The molecule has 0 atom stereocenters. The largest absolute Gasteiger partial charge is 0.484 e. The molecule has 0 bridgehead atoms. The lowest BCUT2D eigenvalue weighted by molar-refractivity contribution is -0.118. The number of aryl methyl sites for hydroxylation is 2. The Kier molecular flexibility index (Phi) is 8.36. The third-order valence-corrected chi connectivity index (χ3v) is 5.08. The highest BCUT2D eigenvalue weighted by molar-refractivity contribution is 6.04. The van der Waals surface area contributed by atoms with Crippen LogP contribution in [0.4, 0.5) is 5.69 Å². The number of ether oxygens (including phenoxy) is 1. The van der Waals surface area contributed by atoms with Crippen LogP contribution < -0.4 is 15.4 Å². The fourth-order valence-electron chi connectivity index (χ4n) is 3.18. The van der Waals surface area contributed by atoms with Crippen LogP contribution in [0, 0.1) is 6.92 Å². The van der Waals surface area contributed by atoms with Crippen molar-refractivity contribution in [1.82, 2.24) is 5.32 Å². The van der Waals surface area contributed by atoms with Crippen LogP contribution in [0.15, 0.2) is 72.8 Å². The zero-order chi connectivity index (χ0) is 23.6. The van der Waals surface area contributed by atoms with Gasteiger partial charge in [-0.05, 0) is 55.7 Å². The van der Waals surface area contributed by atoms with Crippen molar-refractivity contribution in [2.45, 2.75) is 33.2 Å². The van der Waals surface area contributed by atoms with Gasteiger partial charge in [-0.2, -0.15) is 0 Å². The summed E-state index contributed by atoms with van der Waals surface area (Å²) in [5, 5.41) is 5.64. The molecule has 0 saturated heterocycles. The minimum Gasteiger partial charge on any atom is -0.484 e. The number of rotatable bonds is 10. The molecule has 0 aliphatic heterocycles. The van der Waals surface area contributed by atoms with Crippen LogP contribution in [-0.4, -0.2) is 24.2 Å². The van der Waals surface area contributed by atoms with Crippen LogP contribution in [-0.2, 0) is 22.6 Å². The summed E-state index contributed by atoms with van der Waals surface area (Å²) in [5.41, 5.74) is 3.99. The number of Topliss-reactive ketones (excluding diaryl/α,β-unsaturated/α-hetero) is 1. The van der Waals surface area contributed by atoms with E-state index in [1.807, 2.05) is 43.3 Å². The molecule has 0 unspecified atom stereocenters. The SMILES string of the molecule is CC(=O)CCc1ccc(OCC(=O)Nc2ccccc2C(=O)NCc2ccc(C)cc2)cc1. The van der Waals surface area contributed by atoms with Crippen LogP contribution >= 0.6 is 0 Å². The third kappa shape index (κ3) is 7.61. The molecule has 0 heterocycles. The molecule has 0 saturated carbocycles. The highest BCUT2D eigenvalue weighted by atomic mass is 16.5. The van der Waals surface area contributed by atoms with E-state index in [-0.39, 0.29) is 24.2 Å². The fourth-order valence-corrected chi connectivity index (χ4v) is 3.18. The molecule has 0 aromatic heterocycles. The maximum Gasteiger partial charge on any atom is 0.262 e. The Bertz CT molecular complexity index is 1110. The smallest absolute Gasteiger partial charge is 0.262 e. The van der Waals surface area contributed by atoms with E-state index in [0.717, 1.165) is 16.7 Å². The van der Waals surface area contributed by atoms with Gasteiger partial charge in [0.15, 0.2) is 6.61 Å². The van der Waals surface area contributed by atoms with Gasteiger partial charge in [0.05, 0.1) is 11.3 Å². The Balaban J connectivity index is 1.53. The molecule has 0 spiro atoms. The Hall–Kier alpha value is -3.93. The molecule has 0 fully saturated rings. The van der Waals surface area contributed by atoms with Crippen molar-refractivity contribution >= 4 is 23.3 Å². The van der Waals surface area contributed by atoms with Gasteiger partial charge in [0.1, 0.15) is 11.5 Å². The van der Waals surface area contributed by atoms with Gasteiger partial charge in [-0.3, -0.25) is 9.59 Å². The summed E-state index contributed by atoms with van der Waals surface area (Å²) in [6.45, 7) is 3.79. The number of para-hydroxylation sites is 1. The monoisotopic (exact) mass is 444 g/mol. The van der Waals surface area contributed by atoms with E-state index >= 15 is 0 Å². The van der Waals surface area contributed by atoms with Crippen molar-refractivity contribution in [2.24, 2.45) is 0 Å². The number of ketones is 1. The third-order valence-electron chi connectivity index (χ3n) is 5.08. The van der Waals surface area contributed by atoms with E-state index in [1.54, 1.807) is 43.3 Å². The molecule has 2 amide bonds. The molecular weight excluding hydrogens is 416 g/mol. The maximum absolute atomic E-state index is 12.7. The first-order chi connectivity index (χ1) is 15.9. The minimum atomic E-state index is -0.366. The van der Waals surface area contributed by atoms with Gasteiger partial charge in [0, 0.05) is 13.0 Å². The molecule has 170 valence electrons. The van der Waals surface area contributed by atoms with Crippen molar-refractivity contribution in [3.05, 3.63) is 95.1 Å². The summed E-state index contributed by atoms with van der Waals surface area (Å²) in [5.74, 6) is 0.0694. The Morgan fingerprint density at radius 1 is 0.848 bits per heavy atom. The first kappa shape index (κ1) is 23.7. The van der Waals surface area contributed by atoms with Crippen LogP contribution in [0.2, 0.25) is 0 Å². The Morgan fingerprint density at radius 2 is 1.52 bits per heavy atom. The lowest BCUT2D eigenvalue weighted by atomic mass is 10.1. The summed E-state index contributed by atoms with van der Waals surface area (Å²) >= 11 is 0. The van der Waals surface area contributed by atoms with E-state index in [4.69, 9.17) is 4.74 Å². The Labute approximate surface area is 194 Å². The van der Waals surface area contributed by atoms with Crippen molar-refractivity contribution in [1.29, 1.82) is 0 Å². The second kappa shape index (κ2) is 11.6. The molecule has 0 aliphatic rings. The molecule has 3 aromatic rings. The molecule has 6 heteroatoms. The number of carbonyl (C=O) groups is 3. The van der Waals surface area contributed by atoms with E-state index in [2.05, 4.69) is 10.6 Å². The zero-order valence-corrected chi connectivity index (χ0v) is 18.9. The number of hydrogen-bond acceptors (Lipinski definition) is 4. The number of nitrogens with one attached hydrogen (secondary N) is 2. The van der Waals surface area contributed by atoms with E-state index in [0.29, 0.717) is 36.4 Å². The van der Waals surface area contributed by atoms with Crippen molar-refractivity contribution in [3.63, 3.8) is 0 Å². The van der Waals surface area contributed by atoms with E-state index < -0.39 is 0 Å². The maximum atomic E-state index is 12.7. The standard InChI is InChI=1S/C27H28N2O4/c1-19-7-10-22(11-8-19)17-28-27(32)24-5-3-4-6-25(24)29-26(31)18-33-23-15-13-21(14-16-23)12-9-20(2)30/h3-8,10-11,13-16H,9,12,17-18H2,1-2H3,(H,28,32)(H,29,31). The first-order valence-electron chi connectivity index (χ1n) is 10.8. The van der Waals surface area contributed by atoms with Gasteiger partial charge < -0.3 is 20.2 Å². The number of hydrogen-bond donors (Lipinski definition) is 2. The summed E-state index contributed by atoms with van der Waals surface area (Å²) in [6.07, 6.45) is 1.18. The van der Waals surface area contributed by atoms with Crippen LogP contribution in [0.1, 0.15) is 40.4 Å². The quantitative estimate of drug-likeness (QED) is 0.483. The lowest BCUT2D eigenvalue weighted by Crippen LogP contribution is -2.26. The topological polar surface area (TPSA) is 84.5 Å². The van der Waals surface area contributed by atoms with E-state index in [9.17, 15) is 14.4 Å². The number of amides is 2. The summed E-state index contributed by atoms with van der Waals surface area (Å²) in [7, 11) is 0. The lowest BCUT2D eigenvalue weighted by Gasteiger charge is -2.12. The normalized spacial score (nSPS) is 10.4. The molecular formula is C27H28N2O4. The van der Waals surface area contributed by atoms with Gasteiger partial charge >= 0.3 is 0 Å². The molecule has 6 nitrogen and oxygen atoms in total. The first-order valence-corrected chi connectivity index (χ1v) is 10.8. The second-order valence-electron chi connectivity index (χ2n) is 7.90. The van der Waals surface area contributed by atoms with E-state index in [1.165, 1.54) is 0 Å². The summed E-state index contributed by atoms with van der Waals surface area (Å²) in [4.78, 5) is 36.2. The summed E-state index contributed by atoms with van der Waals surface area (Å²) < 4.78 is 5.56. The van der Waals surface area contributed by atoms with Gasteiger partial charge in [0.25, 0.3) is 11.8 Å². The molecule has 0 radical (unpaired) electrons. The van der Waals surface area contributed by atoms with Gasteiger partial charge in [-0.15, -0.1) is 0 Å². The second-order valence-corrected chi connectivity index (χ2v) is 7.90. The van der Waals surface area contributed by atoms with Crippen molar-refractivity contribution in [3.8, 4) is 5.75 Å². The zero-order valence-electron chi connectivity index (χ0n) is 18.9. The average Bonchev–Trinajstić information content (AvgIpc) is 2.82. The number of anilines is 1. The van der Waals surface area contributed by atoms with Gasteiger partial charge in [0.2, 0.25) is 0 Å². The van der Waals surface area contributed by atoms with Gasteiger partial charge in [-0.25, -0.2) is 0 Å². The molecule has 3 aromatic carbocycles. The summed E-state index contributed by atoms with van der Waals surface area (Å²) in [6, 6.07) is 22.1. The predicted molar refractivity (Wildman–Crippen MR) is 128 cm³/mol. The fraction of sp³-hybridized carbons (Fsp3) is 0.222. The number of benzene rings is 3. The molecule has 2 N–H and O–H groups in total. The average molecular weight is 445 g/mol. The number of carbonyl (C=O) groups excluding carboxylic acids is 3. The van der Waals surface area contributed by atoms with Crippen LogP contribution in [0.25, 0.3) is 0 Å². The highest BCUT2D eigenvalue weighted by Crippen LogP contribution is 2.17. The molecule has 0 aliphatic carbocycles. The molecule has 3 rings (SSSR count). The molecule has 33 heavy (non-hydrogen) atoms. The van der Waals surface area contributed by atoms with Crippen LogP contribution in [0.5, 0.6) is 5.75 Å². The highest BCUT2D eigenvalue weighted by Gasteiger charge is 2.13. The minimum absolute atomic E-state index is 0.149.